The molecule has 1 atom stereocenters. The molecule has 3 aliphatic heterocycles. The fourth-order valence-corrected chi connectivity index (χ4v) is 2.97. The van der Waals surface area contributed by atoms with Crippen molar-refractivity contribution in [2.24, 2.45) is 0 Å². The third-order valence-electron chi connectivity index (χ3n) is 4.23. The van der Waals surface area contributed by atoms with Crippen molar-refractivity contribution < 1.29 is 9.72 Å². The van der Waals surface area contributed by atoms with Gasteiger partial charge in [-0.25, -0.2) is 0 Å². The van der Waals surface area contributed by atoms with Crippen molar-refractivity contribution in [3.8, 4) is 0 Å². The maximum atomic E-state index is 12.1. The summed E-state index contributed by atoms with van der Waals surface area (Å²) in [5.41, 5.74) is 0.451. The molecule has 21 heavy (non-hydrogen) atoms. The number of fused-ring (bicyclic) bond motifs is 3. The van der Waals surface area contributed by atoms with E-state index in [-0.39, 0.29) is 11.6 Å². The molecule has 3 fully saturated rings. The number of non-ortho nitro benzene ring substituents is 1. The topological polar surface area (TPSA) is 78.7 Å². The Labute approximate surface area is 122 Å². The number of hydrogen-bond donors (Lipinski definition) is 1. The summed E-state index contributed by atoms with van der Waals surface area (Å²) in [6.45, 7) is 5.99. The summed E-state index contributed by atoms with van der Waals surface area (Å²) in [5.74, 6) is -0.178. The highest BCUT2D eigenvalue weighted by Gasteiger charge is 2.31. The van der Waals surface area contributed by atoms with Crippen molar-refractivity contribution in [1.29, 1.82) is 0 Å². The summed E-state index contributed by atoms with van der Waals surface area (Å²) in [5, 5.41) is 13.5. The molecule has 1 aromatic carbocycles. The molecule has 112 valence electrons. The van der Waals surface area contributed by atoms with Gasteiger partial charge in [-0.3, -0.25) is 24.7 Å². The monoisotopic (exact) mass is 290 g/mol. The van der Waals surface area contributed by atoms with Gasteiger partial charge in [0.15, 0.2) is 0 Å². The molecule has 3 saturated heterocycles. The Bertz CT molecular complexity index is 538. The smallest absolute Gasteiger partial charge is 0.269 e. The number of nitro benzene ring substituents is 1. The first-order valence-electron chi connectivity index (χ1n) is 7.12. The lowest BCUT2D eigenvalue weighted by atomic mass is 10.1. The number of hydrogen-bond acceptors (Lipinski definition) is 5. The zero-order chi connectivity index (χ0) is 14.8. The highest BCUT2D eigenvalue weighted by atomic mass is 16.6. The molecule has 1 amide bonds. The van der Waals surface area contributed by atoms with Gasteiger partial charge in [0.25, 0.3) is 11.6 Å². The van der Waals surface area contributed by atoms with Gasteiger partial charge in [-0.05, 0) is 12.1 Å². The van der Waals surface area contributed by atoms with E-state index >= 15 is 0 Å². The van der Waals surface area contributed by atoms with Crippen LogP contribution in [0.25, 0.3) is 0 Å². The van der Waals surface area contributed by atoms with E-state index in [4.69, 9.17) is 0 Å². The van der Waals surface area contributed by atoms with E-state index in [1.54, 1.807) is 0 Å². The van der Waals surface area contributed by atoms with Crippen LogP contribution >= 0.6 is 0 Å². The van der Waals surface area contributed by atoms with Crippen LogP contribution in [0, 0.1) is 10.1 Å². The predicted octanol–water partition coefficient (Wildman–Crippen LogP) is 0.324. The van der Waals surface area contributed by atoms with Crippen molar-refractivity contribution in [2.75, 3.05) is 39.3 Å². The van der Waals surface area contributed by atoms with E-state index in [2.05, 4.69) is 15.1 Å². The number of carbonyl (C=O) groups is 1. The second-order valence-corrected chi connectivity index (χ2v) is 5.50. The first-order valence-corrected chi connectivity index (χ1v) is 7.12. The van der Waals surface area contributed by atoms with Gasteiger partial charge < -0.3 is 5.32 Å². The van der Waals surface area contributed by atoms with E-state index in [0.717, 1.165) is 32.7 Å². The van der Waals surface area contributed by atoms with Crippen molar-refractivity contribution >= 4 is 11.6 Å². The molecular formula is C14H18N4O3. The van der Waals surface area contributed by atoms with E-state index < -0.39 is 4.92 Å². The van der Waals surface area contributed by atoms with Gasteiger partial charge in [0.2, 0.25) is 0 Å². The summed E-state index contributed by atoms with van der Waals surface area (Å²) in [7, 11) is 0. The Morgan fingerprint density at radius 1 is 1.24 bits per heavy atom. The molecule has 7 heteroatoms. The van der Waals surface area contributed by atoms with Crippen LogP contribution in [0.3, 0.4) is 0 Å². The second-order valence-electron chi connectivity index (χ2n) is 5.50. The third-order valence-corrected chi connectivity index (χ3v) is 4.23. The second kappa shape index (κ2) is 5.79. The Balaban J connectivity index is 1.55. The number of nitrogens with zero attached hydrogens (tertiary/aromatic N) is 3. The van der Waals surface area contributed by atoms with Crippen molar-refractivity contribution in [3.05, 3.63) is 39.9 Å². The van der Waals surface area contributed by atoms with Crippen LogP contribution in [-0.2, 0) is 0 Å². The van der Waals surface area contributed by atoms with Crippen molar-refractivity contribution in [2.45, 2.75) is 6.04 Å². The van der Waals surface area contributed by atoms with Gasteiger partial charge in [-0.2, -0.15) is 0 Å². The summed E-state index contributed by atoms with van der Waals surface area (Å²) in [6, 6.07) is 6.06. The fourth-order valence-electron chi connectivity index (χ4n) is 2.97. The molecule has 1 unspecified atom stereocenters. The number of rotatable bonds is 4. The molecule has 0 aromatic heterocycles. The average molecular weight is 290 g/mol. The van der Waals surface area contributed by atoms with E-state index in [1.165, 1.54) is 24.3 Å². The third kappa shape index (κ3) is 3.03. The maximum Gasteiger partial charge on any atom is 0.269 e. The molecule has 2 bridgehead atoms. The highest BCUT2D eigenvalue weighted by Crippen LogP contribution is 2.15. The van der Waals surface area contributed by atoms with E-state index in [1.807, 2.05) is 0 Å². The molecule has 7 nitrogen and oxygen atoms in total. The number of nitrogens with one attached hydrogen (secondary N) is 1. The summed E-state index contributed by atoms with van der Waals surface area (Å²) >= 11 is 0. The van der Waals surface area contributed by atoms with Crippen LogP contribution < -0.4 is 5.32 Å². The normalized spacial score (nSPS) is 27.3. The van der Waals surface area contributed by atoms with Crippen molar-refractivity contribution in [3.63, 3.8) is 0 Å². The lowest BCUT2D eigenvalue weighted by Gasteiger charge is -2.47. The van der Waals surface area contributed by atoms with Crippen LogP contribution in [0.4, 0.5) is 5.69 Å². The van der Waals surface area contributed by atoms with Gasteiger partial charge >= 0.3 is 0 Å². The Kier molecular flexibility index (Phi) is 3.85. The molecule has 3 aliphatic rings. The van der Waals surface area contributed by atoms with Gasteiger partial charge in [-0.15, -0.1) is 0 Å². The lowest BCUT2D eigenvalue weighted by molar-refractivity contribution is -0.384. The van der Waals surface area contributed by atoms with E-state index in [0.29, 0.717) is 18.2 Å². The molecule has 0 spiro atoms. The minimum atomic E-state index is -0.470. The fraction of sp³-hybridized carbons (Fsp3) is 0.500. The van der Waals surface area contributed by atoms with Crippen LogP contribution in [0.2, 0.25) is 0 Å². The maximum absolute atomic E-state index is 12.1. The number of carbonyl (C=O) groups excluding carboxylic acids is 1. The SMILES string of the molecule is O=C(NCC1CN2CCN1CC2)c1ccc([N+](=O)[O-])cc1. The standard InChI is InChI=1S/C14H18N4O3/c19-14(11-1-3-12(4-2-11)18(20)21)15-9-13-10-16-5-7-17(13)8-6-16/h1-4,13H,5-10H2,(H,15,19). The van der Waals surface area contributed by atoms with Crippen LogP contribution in [-0.4, -0.2) is 65.9 Å². The van der Waals surface area contributed by atoms with Gasteiger partial charge in [-0.1, -0.05) is 0 Å². The summed E-state index contributed by atoms with van der Waals surface area (Å²) in [4.78, 5) is 27.0. The average Bonchev–Trinajstić information content (AvgIpc) is 2.54. The summed E-state index contributed by atoms with van der Waals surface area (Å²) < 4.78 is 0. The summed E-state index contributed by atoms with van der Waals surface area (Å²) in [6.07, 6.45) is 0. The number of benzene rings is 1. The largest absolute Gasteiger partial charge is 0.350 e. The molecule has 1 aromatic rings. The highest BCUT2D eigenvalue weighted by molar-refractivity contribution is 5.94. The molecule has 3 heterocycles. The first-order chi connectivity index (χ1) is 10.1. The van der Waals surface area contributed by atoms with Gasteiger partial charge in [0.05, 0.1) is 4.92 Å². The van der Waals surface area contributed by atoms with Gasteiger partial charge in [0.1, 0.15) is 0 Å². The van der Waals surface area contributed by atoms with Crippen LogP contribution in [0.15, 0.2) is 24.3 Å². The number of nitro groups is 1. The molecule has 0 radical (unpaired) electrons. The predicted molar refractivity (Wildman–Crippen MR) is 77.2 cm³/mol. The van der Waals surface area contributed by atoms with Crippen molar-refractivity contribution in [1.82, 2.24) is 15.1 Å². The van der Waals surface area contributed by atoms with Crippen LogP contribution in [0.1, 0.15) is 10.4 Å². The zero-order valence-corrected chi connectivity index (χ0v) is 11.7. The minimum absolute atomic E-state index is 0.00458. The molecular weight excluding hydrogens is 272 g/mol. The number of piperazine rings is 3. The molecule has 0 saturated carbocycles. The number of amides is 1. The Hall–Kier alpha value is -1.99. The zero-order valence-electron chi connectivity index (χ0n) is 11.7. The minimum Gasteiger partial charge on any atom is -0.350 e. The quantitative estimate of drug-likeness (QED) is 0.638. The molecule has 1 N–H and O–H groups in total. The lowest BCUT2D eigenvalue weighted by Crippen LogP contribution is -2.63. The van der Waals surface area contributed by atoms with E-state index in [9.17, 15) is 14.9 Å². The first kappa shape index (κ1) is 14.0. The molecule has 4 rings (SSSR count). The Morgan fingerprint density at radius 3 is 2.43 bits per heavy atom. The molecule has 0 aliphatic carbocycles. The Morgan fingerprint density at radius 2 is 1.90 bits per heavy atom. The van der Waals surface area contributed by atoms with Crippen LogP contribution in [0.5, 0.6) is 0 Å². The van der Waals surface area contributed by atoms with Gasteiger partial charge in [0, 0.05) is 63.0 Å².